The highest BCUT2D eigenvalue weighted by Crippen LogP contribution is 2.27. The van der Waals surface area contributed by atoms with E-state index in [0.29, 0.717) is 22.1 Å². The van der Waals surface area contributed by atoms with E-state index in [4.69, 9.17) is 0 Å². The van der Waals surface area contributed by atoms with Gasteiger partial charge in [-0.2, -0.15) is 0 Å². The minimum Gasteiger partial charge on any atom is -0.353 e. The van der Waals surface area contributed by atoms with Crippen molar-refractivity contribution < 1.29 is 4.79 Å². The molecule has 0 saturated carbocycles. The Morgan fingerprint density at radius 3 is 2.65 bits per heavy atom. The number of thiazole rings is 1. The van der Waals surface area contributed by atoms with Crippen LogP contribution >= 0.6 is 22.7 Å². The number of nitrogens with one attached hydrogen (secondary N) is 3. The fraction of sp³-hybridized carbons (Fsp3) is 0.182. The third-order valence-corrected chi connectivity index (χ3v) is 6.46. The number of amides is 1. The highest BCUT2D eigenvalue weighted by molar-refractivity contribution is 7.14. The van der Waals surface area contributed by atoms with E-state index >= 15 is 0 Å². The van der Waals surface area contributed by atoms with Crippen LogP contribution in [-0.2, 0) is 5.41 Å². The Morgan fingerprint density at radius 2 is 1.87 bits per heavy atom. The van der Waals surface area contributed by atoms with Crippen LogP contribution in [0.4, 0.5) is 5.13 Å². The van der Waals surface area contributed by atoms with Crippen LogP contribution in [0.25, 0.3) is 33.3 Å². The first-order valence-corrected chi connectivity index (χ1v) is 11.5. The number of hydrogen-bond donors (Lipinski definition) is 3. The van der Waals surface area contributed by atoms with Crippen molar-refractivity contribution in [3.8, 4) is 11.4 Å². The second kappa shape index (κ2) is 7.14. The molecule has 0 bridgehead atoms. The van der Waals surface area contributed by atoms with Crippen LogP contribution in [0.1, 0.15) is 36.8 Å². The van der Waals surface area contributed by atoms with Gasteiger partial charge in [-0.3, -0.25) is 14.9 Å². The molecule has 5 rings (SSSR count). The summed E-state index contributed by atoms with van der Waals surface area (Å²) in [6.07, 6.45) is 0. The molecule has 0 unspecified atom stereocenters. The Balaban J connectivity index is 1.45. The van der Waals surface area contributed by atoms with Gasteiger partial charge in [-0.1, -0.05) is 20.8 Å². The maximum absolute atomic E-state index is 12.7. The number of hydrogen-bond acceptors (Lipinski definition) is 6. The Labute approximate surface area is 185 Å². The van der Waals surface area contributed by atoms with E-state index in [9.17, 15) is 9.59 Å². The van der Waals surface area contributed by atoms with Crippen LogP contribution in [0.15, 0.2) is 45.2 Å². The molecule has 0 atom stereocenters. The van der Waals surface area contributed by atoms with Gasteiger partial charge in [-0.25, -0.2) is 9.97 Å². The van der Waals surface area contributed by atoms with Crippen LogP contribution in [0.2, 0.25) is 0 Å². The lowest BCUT2D eigenvalue weighted by atomic mass is 9.93. The molecule has 31 heavy (non-hydrogen) atoms. The zero-order chi connectivity index (χ0) is 21.8. The fourth-order valence-electron chi connectivity index (χ4n) is 3.25. The van der Waals surface area contributed by atoms with Gasteiger partial charge in [-0.05, 0) is 24.3 Å². The summed E-state index contributed by atoms with van der Waals surface area (Å²) in [6, 6.07) is 7.20. The molecule has 4 aromatic heterocycles. The highest BCUT2D eigenvalue weighted by atomic mass is 32.1. The maximum Gasteiger partial charge on any atom is 0.276 e. The number of aromatic amines is 2. The summed E-state index contributed by atoms with van der Waals surface area (Å²) in [5.41, 5.74) is 4.36. The lowest BCUT2D eigenvalue weighted by Crippen LogP contribution is -2.14. The van der Waals surface area contributed by atoms with Crippen LogP contribution in [0.5, 0.6) is 0 Å². The third kappa shape index (κ3) is 3.66. The first-order chi connectivity index (χ1) is 14.8. The molecule has 1 amide bonds. The van der Waals surface area contributed by atoms with Gasteiger partial charge in [0.05, 0.1) is 22.4 Å². The molecule has 0 aliphatic heterocycles. The summed E-state index contributed by atoms with van der Waals surface area (Å²) in [5.74, 6) is -0.227. The average molecular weight is 450 g/mol. The van der Waals surface area contributed by atoms with Crippen LogP contribution in [0, 0.1) is 0 Å². The second-order valence-corrected chi connectivity index (χ2v) is 9.91. The number of thiophene rings is 1. The number of anilines is 1. The minimum absolute atomic E-state index is 0.0716. The SMILES string of the molecule is CC(C)(C)c1csc(NC(=O)c2ccc3[nH]c(-c4nc5cscc5[nH]c4=O)cc3c2)n1. The normalized spacial score (nSPS) is 12.0. The van der Waals surface area contributed by atoms with E-state index in [-0.39, 0.29) is 16.9 Å². The van der Waals surface area contributed by atoms with E-state index in [2.05, 4.69) is 46.0 Å². The van der Waals surface area contributed by atoms with Crippen LogP contribution in [-0.4, -0.2) is 25.8 Å². The van der Waals surface area contributed by atoms with Gasteiger partial charge in [0.2, 0.25) is 0 Å². The summed E-state index contributed by atoms with van der Waals surface area (Å²) < 4.78 is 0. The molecule has 3 N–H and O–H groups in total. The summed E-state index contributed by atoms with van der Waals surface area (Å²) in [4.78, 5) is 40.3. The molecule has 4 heterocycles. The van der Waals surface area contributed by atoms with Gasteiger partial charge in [0.25, 0.3) is 11.5 Å². The van der Waals surface area contributed by atoms with E-state index in [1.807, 2.05) is 28.3 Å². The maximum atomic E-state index is 12.7. The minimum atomic E-state index is -0.256. The lowest BCUT2D eigenvalue weighted by molar-refractivity contribution is 0.102. The summed E-state index contributed by atoms with van der Waals surface area (Å²) >= 11 is 2.90. The predicted molar refractivity (Wildman–Crippen MR) is 126 cm³/mol. The van der Waals surface area contributed by atoms with Crippen molar-refractivity contribution in [2.24, 2.45) is 0 Å². The number of benzene rings is 1. The number of aromatic nitrogens is 4. The molecule has 5 aromatic rings. The van der Waals surface area contributed by atoms with E-state index in [0.717, 1.165) is 27.6 Å². The smallest absolute Gasteiger partial charge is 0.276 e. The molecule has 0 saturated heterocycles. The van der Waals surface area contributed by atoms with Gasteiger partial charge >= 0.3 is 0 Å². The number of fused-ring (bicyclic) bond motifs is 2. The molecule has 156 valence electrons. The molecule has 9 heteroatoms. The molecule has 0 fully saturated rings. The summed E-state index contributed by atoms with van der Waals surface area (Å²) in [6.45, 7) is 6.25. The topological polar surface area (TPSA) is 104 Å². The predicted octanol–water partition coefficient (Wildman–Crippen LogP) is 5.14. The molecule has 0 radical (unpaired) electrons. The summed E-state index contributed by atoms with van der Waals surface area (Å²) in [5, 5.41) is 9.98. The zero-order valence-corrected chi connectivity index (χ0v) is 18.7. The summed E-state index contributed by atoms with van der Waals surface area (Å²) in [7, 11) is 0. The number of carbonyl (C=O) groups is 1. The largest absolute Gasteiger partial charge is 0.353 e. The number of H-pyrrole nitrogens is 2. The Bertz CT molecular complexity index is 1500. The molecule has 7 nitrogen and oxygen atoms in total. The van der Waals surface area contributed by atoms with Crippen LogP contribution < -0.4 is 10.9 Å². The fourth-order valence-corrected chi connectivity index (χ4v) is 4.88. The quantitative estimate of drug-likeness (QED) is 0.355. The van der Waals surface area contributed by atoms with Gasteiger partial charge in [0.15, 0.2) is 10.8 Å². The molecule has 1 aromatic carbocycles. The van der Waals surface area contributed by atoms with Crippen molar-refractivity contribution in [1.29, 1.82) is 0 Å². The number of nitrogens with zero attached hydrogens (tertiary/aromatic N) is 2. The molecule has 0 spiro atoms. The monoisotopic (exact) mass is 449 g/mol. The Kier molecular flexibility index (Phi) is 4.53. The standard InChI is InChI=1S/C22H19N5O2S2/c1-22(2,3)17-10-31-21(26-17)27-19(28)11-4-5-13-12(6-11)7-14(23-13)18-20(29)25-16-9-30-8-15(16)24-18/h4-10,23H,1-3H3,(H,25,29)(H,26,27,28). The zero-order valence-electron chi connectivity index (χ0n) is 17.1. The third-order valence-electron chi connectivity index (χ3n) is 4.97. The second-order valence-electron chi connectivity index (χ2n) is 8.31. The van der Waals surface area contributed by atoms with Crippen molar-refractivity contribution in [1.82, 2.24) is 19.9 Å². The Morgan fingerprint density at radius 1 is 1.03 bits per heavy atom. The van der Waals surface area contributed by atoms with Crippen molar-refractivity contribution in [3.63, 3.8) is 0 Å². The molecular weight excluding hydrogens is 430 g/mol. The van der Waals surface area contributed by atoms with Crippen molar-refractivity contribution in [2.75, 3.05) is 5.32 Å². The van der Waals surface area contributed by atoms with E-state index < -0.39 is 0 Å². The van der Waals surface area contributed by atoms with E-state index in [1.54, 1.807) is 12.1 Å². The van der Waals surface area contributed by atoms with Crippen molar-refractivity contribution in [3.05, 3.63) is 62.0 Å². The highest BCUT2D eigenvalue weighted by Gasteiger charge is 2.19. The average Bonchev–Trinajstić information content (AvgIpc) is 3.44. The number of carbonyl (C=O) groups excluding carboxylic acids is 1. The van der Waals surface area contributed by atoms with Crippen LogP contribution in [0.3, 0.4) is 0 Å². The lowest BCUT2D eigenvalue weighted by Gasteiger charge is -2.14. The molecule has 0 aliphatic carbocycles. The van der Waals surface area contributed by atoms with Crippen molar-refractivity contribution in [2.45, 2.75) is 26.2 Å². The Hall–Kier alpha value is -3.30. The van der Waals surface area contributed by atoms with Gasteiger partial charge < -0.3 is 9.97 Å². The van der Waals surface area contributed by atoms with Crippen molar-refractivity contribution >= 4 is 55.6 Å². The molecular formula is C22H19N5O2S2. The van der Waals surface area contributed by atoms with Gasteiger partial charge in [0.1, 0.15) is 0 Å². The van der Waals surface area contributed by atoms with E-state index in [1.165, 1.54) is 22.7 Å². The van der Waals surface area contributed by atoms with Gasteiger partial charge in [0, 0.05) is 38.0 Å². The first kappa shape index (κ1) is 19.7. The molecule has 0 aliphatic rings. The van der Waals surface area contributed by atoms with Gasteiger partial charge in [-0.15, -0.1) is 22.7 Å². The first-order valence-electron chi connectivity index (χ1n) is 9.65. The number of rotatable bonds is 3.